The summed E-state index contributed by atoms with van der Waals surface area (Å²) in [5, 5.41) is 0. The predicted octanol–water partition coefficient (Wildman–Crippen LogP) is 2.08. The highest BCUT2D eigenvalue weighted by molar-refractivity contribution is 6.45. The van der Waals surface area contributed by atoms with E-state index in [0.29, 0.717) is 13.0 Å². The Labute approximate surface area is 177 Å². The number of carbonyl (C=O) groups is 4. The first-order valence-corrected chi connectivity index (χ1v) is 10.4. The van der Waals surface area contributed by atoms with Crippen molar-refractivity contribution in [2.75, 3.05) is 32.6 Å². The number of hydrogen-bond acceptors (Lipinski definition) is 5. The zero-order chi connectivity index (χ0) is 22.0. The average molecular weight is 415 g/mol. The first-order valence-electron chi connectivity index (χ1n) is 10.4. The van der Waals surface area contributed by atoms with Crippen molar-refractivity contribution in [3.8, 4) is 0 Å². The highest BCUT2D eigenvalue weighted by Gasteiger charge is 2.49. The highest BCUT2D eigenvalue weighted by atomic mass is 16.2. The molecule has 1 saturated carbocycles. The van der Waals surface area contributed by atoms with E-state index in [4.69, 9.17) is 0 Å². The SMILES string of the molecule is C[C@@H]1CCCC[C@@H]1N1C(=O)C(=O)N(CC(=O)N(C)Cc2ccc(N(C)C)cc2)C1=O. The van der Waals surface area contributed by atoms with E-state index in [-0.39, 0.29) is 17.9 Å². The molecule has 8 heteroatoms. The van der Waals surface area contributed by atoms with E-state index < -0.39 is 24.4 Å². The lowest BCUT2D eigenvalue weighted by atomic mass is 9.85. The number of hydrogen-bond donors (Lipinski definition) is 0. The molecule has 1 aromatic rings. The molecule has 8 nitrogen and oxygen atoms in total. The van der Waals surface area contributed by atoms with Crippen LogP contribution < -0.4 is 4.90 Å². The molecule has 2 fully saturated rings. The van der Waals surface area contributed by atoms with E-state index in [1.807, 2.05) is 50.2 Å². The fourth-order valence-electron chi connectivity index (χ4n) is 4.15. The van der Waals surface area contributed by atoms with Crippen LogP contribution in [0.3, 0.4) is 0 Å². The summed E-state index contributed by atoms with van der Waals surface area (Å²) < 4.78 is 0. The molecular weight excluding hydrogens is 384 g/mol. The van der Waals surface area contributed by atoms with Crippen molar-refractivity contribution in [1.29, 1.82) is 0 Å². The van der Waals surface area contributed by atoms with Gasteiger partial charge in [-0.1, -0.05) is 31.9 Å². The minimum atomic E-state index is -0.908. The molecule has 0 bridgehead atoms. The maximum absolute atomic E-state index is 12.8. The zero-order valence-electron chi connectivity index (χ0n) is 18.1. The van der Waals surface area contributed by atoms with Gasteiger partial charge in [-0.2, -0.15) is 0 Å². The molecule has 1 aromatic carbocycles. The van der Waals surface area contributed by atoms with Crippen LogP contribution in [0.2, 0.25) is 0 Å². The van der Waals surface area contributed by atoms with Crippen molar-refractivity contribution >= 4 is 29.4 Å². The van der Waals surface area contributed by atoms with Gasteiger partial charge in [0.05, 0.1) is 0 Å². The molecule has 2 atom stereocenters. The van der Waals surface area contributed by atoms with Crippen molar-refractivity contribution in [1.82, 2.24) is 14.7 Å². The zero-order valence-corrected chi connectivity index (χ0v) is 18.1. The van der Waals surface area contributed by atoms with E-state index in [2.05, 4.69) is 0 Å². The maximum atomic E-state index is 12.8. The van der Waals surface area contributed by atoms with Gasteiger partial charge in [0, 0.05) is 39.4 Å². The first kappa shape index (κ1) is 21.8. The van der Waals surface area contributed by atoms with Gasteiger partial charge >= 0.3 is 17.8 Å². The lowest BCUT2D eigenvalue weighted by Gasteiger charge is -2.34. The van der Waals surface area contributed by atoms with E-state index >= 15 is 0 Å². The van der Waals surface area contributed by atoms with Crippen LogP contribution in [0.4, 0.5) is 10.5 Å². The summed E-state index contributed by atoms with van der Waals surface area (Å²) in [6, 6.07) is 6.85. The monoisotopic (exact) mass is 414 g/mol. The number of nitrogens with zero attached hydrogens (tertiary/aromatic N) is 4. The number of rotatable bonds is 6. The quantitative estimate of drug-likeness (QED) is 0.526. The van der Waals surface area contributed by atoms with Gasteiger partial charge in [-0.3, -0.25) is 19.3 Å². The van der Waals surface area contributed by atoms with Gasteiger partial charge in [0.2, 0.25) is 5.91 Å². The summed E-state index contributed by atoms with van der Waals surface area (Å²) in [4.78, 5) is 55.7. The second-order valence-corrected chi connectivity index (χ2v) is 8.49. The van der Waals surface area contributed by atoms with Gasteiger partial charge in [-0.05, 0) is 36.5 Å². The van der Waals surface area contributed by atoms with E-state index in [1.165, 1.54) is 4.90 Å². The fourth-order valence-corrected chi connectivity index (χ4v) is 4.15. The van der Waals surface area contributed by atoms with Crippen molar-refractivity contribution in [2.45, 2.75) is 45.2 Å². The van der Waals surface area contributed by atoms with Crippen LogP contribution in [0, 0.1) is 5.92 Å². The molecule has 3 rings (SSSR count). The lowest BCUT2D eigenvalue weighted by molar-refractivity contribution is -0.145. The molecule has 1 heterocycles. The largest absolute Gasteiger partial charge is 0.378 e. The average Bonchev–Trinajstić information content (AvgIpc) is 2.92. The van der Waals surface area contributed by atoms with Crippen LogP contribution in [0.1, 0.15) is 38.2 Å². The Hall–Kier alpha value is -2.90. The number of anilines is 1. The third-order valence-corrected chi connectivity index (χ3v) is 6.07. The molecule has 162 valence electrons. The summed E-state index contributed by atoms with van der Waals surface area (Å²) in [7, 11) is 5.52. The van der Waals surface area contributed by atoms with Crippen LogP contribution in [0.25, 0.3) is 0 Å². The fraction of sp³-hybridized carbons (Fsp3) is 0.545. The van der Waals surface area contributed by atoms with Crippen molar-refractivity contribution in [2.24, 2.45) is 5.92 Å². The summed E-state index contributed by atoms with van der Waals surface area (Å²) >= 11 is 0. The summed E-state index contributed by atoms with van der Waals surface area (Å²) in [6.07, 6.45) is 3.61. The number of benzene rings is 1. The van der Waals surface area contributed by atoms with Gasteiger partial charge in [0.25, 0.3) is 0 Å². The number of urea groups is 1. The molecule has 1 aliphatic carbocycles. The third-order valence-electron chi connectivity index (χ3n) is 6.07. The molecule has 0 N–H and O–H groups in total. The number of carbonyl (C=O) groups excluding carboxylic acids is 4. The smallest absolute Gasteiger partial charge is 0.334 e. The van der Waals surface area contributed by atoms with Crippen molar-refractivity contribution in [3.05, 3.63) is 29.8 Å². The second kappa shape index (κ2) is 8.85. The van der Waals surface area contributed by atoms with Crippen molar-refractivity contribution in [3.63, 3.8) is 0 Å². The van der Waals surface area contributed by atoms with Gasteiger partial charge < -0.3 is 9.80 Å². The summed E-state index contributed by atoms with van der Waals surface area (Å²) in [5.41, 5.74) is 1.99. The van der Waals surface area contributed by atoms with Crippen LogP contribution in [0.15, 0.2) is 24.3 Å². The van der Waals surface area contributed by atoms with Gasteiger partial charge in [-0.15, -0.1) is 0 Å². The maximum Gasteiger partial charge on any atom is 0.334 e. The number of amides is 5. The van der Waals surface area contributed by atoms with Crippen LogP contribution in [-0.4, -0.2) is 72.2 Å². The molecule has 1 aliphatic heterocycles. The van der Waals surface area contributed by atoms with E-state index in [1.54, 1.807) is 7.05 Å². The molecule has 0 spiro atoms. The minimum absolute atomic E-state index is 0.155. The van der Waals surface area contributed by atoms with E-state index in [0.717, 1.165) is 40.3 Å². The number of imide groups is 2. The Morgan fingerprint density at radius 1 is 1.00 bits per heavy atom. The highest BCUT2D eigenvalue weighted by Crippen LogP contribution is 2.31. The Bertz CT molecular complexity index is 836. The Morgan fingerprint density at radius 2 is 1.63 bits per heavy atom. The topological polar surface area (TPSA) is 81.2 Å². The molecule has 0 radical (unpaired) electrons. The van der Waals surface area contributed by atoms with E-state index in [9.17, 15) is 19.2 Å². The standard InChI is InChI=1S/C22H30N4O4/c1-15-7-5-6-8-18(15)26-21(29)20(28)25(22(26)30)14-19(27)24(4)13-16-9-11-17(12-10-16)23(2)3/h9-12,15,18H,5-8,13-14H2,1-4H3/t15-,18+/m1/s1. The van der Waals surface area contributed by atoms with Crippen LogP contribution >= 0.6 is 0 Å². The molecular formula is C22H30N4O4. The summed E-state index contributed by atoms with van der Waals surface area (Å²) in [5.74, 6) is -1.95. The molecule has 0 unspecified atom stereocenters. The molecule has 5 amide bonds. The van der Waals surface area contributed by atoms with Gasteiger partial charge in [0.15, 0.2) is 0 Å². The second-order valence-electron chi connectivity index (χ2n) is 8.49. The summed E-state index contributed by atoms with van der Waals surface area (Å²) in [6.45, 7) is 1.92. The predicted molar refractivity (Wildman–Crippen MR) is 113 cm³/mol. The number of likely N-dealkylation sites (N-methyl/N-ethyl adjacent to an activating group) is 1. The molecule has 1 saturated heterocycles. The van der Waals surface area contributed by atoms with Crippen LogP contribution in [0.5, 0.6) is 0 Å². The molecule has 30 heavy (non-hydrogen) atoms. The Morgan fingerprint density at radius 3 is 2.23 bits per heavy atom. The Kier molecular flexibility index (Phi) is 6.43. The Balaban J connectivity index is 1.64. The molecule has 2 aliphatic rings. The van der Waals surface area contributed by atoms with Crippen molar-refractivity contribution < 1.29 is 19.2 Å². The normalized spacial score (nSPS) is 21.9. The molecule has 0 aromatic heterocycles. The van der Waals surface area contributed by atoms with Crippen LogP contribution in [-0.2, 0) is 20.9 Å². The van der Waals surface area contributed by atoms with Gasteiger partial charge in [-0.25, -0.2) is 9.69 Å². The third kappa shape index (κ3) is 4.32. The lowest BCUT2D eigenvalue weighted by Crippen LogP contribution is -2.47. The minimum Gasteiger partial charge on any atom is -0.378 e. The van der Waals surface area contributed by atoms with Gasteiger partial charge in [0.1, 0.15) is 6.54 Å². The first-order chi connectivity index (χ1) is 14.2.